The number of nitrogens with one attached hydrogen (secondary N) is 1. The zero-order valence-electron chi connectivity index (χ0n) is 9.13. The first-order valence-corrected chi connectivity index (χ1v) is 5.17. The molecule has 1 heterocycles. The van der Waals surface area contributed by atoms with Crippen molar-refractivity contribution in [1.29, 1.82) is 5.41 Å². The Kier molecular flexibility index (Phi) is 3.91. The van der Waals surface area contributed by atoms with Crippen molar-refractivity contribution in [1.82, 2.24) is 4.90 Å². The number of nitrogens with zero attached hydrogens (tertiary/aromatic N) is 1. The minimum atomic E-state index is 0. The summed E-state index contributed by atoms with van der Waals surface area (Å²) < 4.78 is 0. The van der Waals surface area contributed by atoms with Crippen molar-refractivity contribution in [2.24, 2.45) is 0 Å². The van der Waals surface area contributed by atoms with E-state index >= 15 is 0 Å². The third-order valence-electron chi connectivity index (χ3n) is 3.02. The van der Waals surface area contributed by atoms with E-state index < -0.39 is 0 Å². The van der Waals surface area contributed by atoms with Gasteiger partial charge in [-0.1, -0.05) is 31.2 Å². The van der Waals surface area contributed by atoms with Gasteiger partial charge in [0, 0.05) is 18.2 Å². The van der Waals surface area contributed by atoms with Gasteiger partial charge in [-0.15, -0.1) is 0 Å². The summed E-state index contributed by atoms with van der Waals surface area (Å²) in [4.78, 5) is 2.17. The lowest BCUT2D eigenvalue weighted by Gasteiger charge is -2.24. The molecule has 2 rings (SSSR count). The molecule has 0 aromatic heterocycles. The van der Waals surface area contributed by atoms with Crippen LogP contribution < -0.4 is 17.0 Å². The Balaban J connectivity index is 0.00000112. The predicted molar refractivity (Wildman–Crippen MR) is 58.6 cm³/mol. The molecule has 1 aromatic carbocycles. The van der Waals surface area contributed by atoms with Crippen LogP contribution in [-0.2, 0) is 6.54 Å². The number of fused-ring (bicyclic) bond motifs is 1. The summed E-state index contributed by atoms with van der Waals surface area (Å²) in [7, 11) is 0. The largest absolute Gasteiger partial charge is 1.00 e. The normalized spacial score (nSPS) is 15.9. The van der Waals surface area contributed by atoms with E-state index in [1.165, 1.54) is 5.56 Å². The lowest BCUT2D eigenvalue weighted by Crippen LogP contribution is -3.00. The number of halogens is 1. The smallest absolute Gasteiger partial charge is 0.128 e. The first-order chi connectivity index (χ1) is 6.74. The highest BCUT2D eigenvalue weighted by atomic mass is 79.9. The van der Waals surface area contributed by atoms with Crippen LogP contribution in [0.4, 0.5) is 0 Å². The maximum atomic E-state index is 8.05. The highest BCUT2D eigenvalue weighted by Gasteiger charge is 2.26. The molecule has 0 spiro atoms. The van der Waals surface area contributed by atoms with Gasteiger partial charge >= 0.3 is 0 Å². The summed E-state index contributed by atoms with van der Waals surface area (Å²) >= 11 is 0. The SMILES string of the molecule is CCC(C)N1Cc2ccccc2C1=N.[Br-]. The third kappa shape index (κ3) is 2.07. The second kappa shape index (κ2) is 4.79. The highest BCUT2D eigenvalue weighted by molar-refractivity contribution is 6.00. The van der Waals surface area contributed by atoms with Crippen LogP contribution in [0, 0.1) is 5.41 Å². The first kappa shape index (κ1) is 12.2. The second-order valence-corrected chi connectivity index (χ2v) is 3.89. The summed E-state index contributed by atoms with van der Waals surface area (Å²) in [5.74, 6) is 0.690. The minimum Gasteiger partial charge on any atom is -1.00 e. The maximum absolute atomic E-state index is 8.05. The molecule has 1 aromatic rings. The van der Waals surface area contributed by atoms with Gasteiger partial charge in [0.25, 0.3) is 0 Å². The summed E-state index contributed by atoms with van der Waals surface area (Å²) in [5, 5.41) is 8.05. The zero-order chi connectivity index (χ0) is 10.1. The fourth-order valence-corrected chi connectivity index (χ4v) is 1.90. The first-order valence-electron chi connectivity index (χ1n) is 5.17. The second-order valence-electron chi connectivity index (χ2n) is 3.89. The van der Waals surface area contributed by atoms with Crippen LogP contribution in [0.5, 0.6) is 0 Å². The Morgan fingerprint density at radius 2 is 2.07 bits per heavy atom. The molecule has 0 saturated heterocycles. The number of hydrogen-bond acceptors (Lipinski definition) is 1. The Morgan fingerprint density at radius 3 is 2.67 bits per heavy atom. The zero-order valence-corrected chi connectivity index (χ0v) is 10.7. The van der Waals surface area contributed by atoms with Crippen molar-refractivity contribution in [3.63, 3.8) is 0 Å². The molecule has 0 amide bonds. The minimum absolute atomic E-state index is 0. The molecule has 1 aliphatic rings. The Labute approximate surface area is 102 Å². The lowest BCUT2D eigenvalue weighted by molar-refractivity contribution is -0.00000333. The van der Waals surface area contributed by atoms with Crippen molar-refractivity contribution in [2.75, 3.05) is 0 Å². The summed E-state index contributed by atoms with van der Waals surface area (Å²) in [6.45, 7) is 5.26. The van der Waals surface area contributed by atoms with Gasteiger partial charge in [0.15, 0.2) is 0 Å². The van der Waals surface area contributed by atoms with Gasteiger partial charge in [0.1, 0.15) is 5.84 Å². The molecule has 0 saturated carbocycles. The van der Waals surface area contributed by atoms with Gasteiger partial charge in [-0.3, -0.25) is 5.41 Å². The molecule has 15 heavy (non-hydrogen) atoms. The van der Waals surface area contributed by atoms with Crippen LogP contribution in [0.15, 0.2) is 24.3 Å². The van der Waals surface area contributed by atoms with E-state index in [0.29, 0.717) is 11.9 Å². The molecule has 82 valence electrons. The summed E-state index contributed by atoms with van der Waals surface area (Å²) in [5.41, 5.74) is 2.39. The highest BCUT2D eigenvalue weighted by Crippen LogP contribution is 2.24. The molecule has 3 heteroatoms. The van der Waals surface area contributed by atoms with Crippen LogP contribution in [0.2, 0.25) is 0 Å². The molecule has 0 bridgehead atoms. The van der Waals surface area contributed by atoms with Crippen molar-refractivity contribution >= 4 is 5.84 Å². The summed E-state index contributed by atoms with van der Waals surface area (Å²) in [6, 6.07) is 8.68. The predicted octanol–water partition coefficient (Wildman–Crippen LogP) is -0.370. The molecule has 0 aliphatic carbocycles. The van der Waals surface area contributed by atoms with Crippen LogP contribution in [0.3, 0.4) is 0 Å². The molecule has 1 unspecified atom stereocenters. The number of amidine groups is 1. The number of hydrogen-bond donors (Lipinski definition) is 1. The lowest BCUT2D eigenvalue weighted by atomic mass is 10.1. The average Bonchev–Trinajstić information content (AvgIpc) is 2.56. The topological polar surface area (TPSA) is 27.1 Å². The van der Waals surface area contributed by atoms with E-state index in [9.17, 15) is 0 Å². The average molecular weight is 268 g/mol. The quantitative estimate of drug-likeness (QED) is 0.778. The molecular weight excluding hydrogens is 252 g/mol. The van der Waals surface area contributed by atoms with E-state index in [1.54, 1.807) is 0 Å². The van der Waals surface area contributed by atoms with Gasteiger partial charge in [-0.2, -0.15) is 0 Å². The van der Waals surface area contributed by atoms with Crippen LogP contribution in [0.25, 0.3) is 0 Å². The van der Waals surface area contributed by atoms with Crippen molar-refractivity contribution < 1.29 is 17.0 Å². The van der Waals surface area contributed by atoms with E-state index in [-0.39, 0.29) is 17.0 Å². The molecule has 1 N–H and O–H groups in total. The third-order valence-corrected chi connectivity index (χ3v) is 3.02. The van der Waals surface area contributed by atoms with Gasteiger partial charge < -0.3 is 21.9 Å². The monoisotopic (exact) mass is 267 g/mol. The van der Waals surface area contributed by atoms with Gasteiger partial charge in [0.2, 0.25) is 0 Å². The molecular formula is C12H16BrN2-. The molecule has 1 atom stereocenters. The maximum Gasteiger partial charge on any atom is 0.128 e. The number of rotatable bonds is 2. The van der Waals surface area contributed by atoms with Crippen molar-refractivity contribution in [2.45, 2.75) is 32.9 Å². The van der Waals surface area contributed by atoms with Crippen molar-refractivity contribution in [3.05, 3.63) is 35.4 Å². The molecule has 1 aliphatic heterocycles. The van der Waals surface area contributed by atoms with E-state index in [4.69, 9.17) is 5.41 Å². The van der Waals surface area contributed by atoms with Crippen molar-refractivity contribution in [3.8, 4) is 0 Å². The fourth-order valence-electron chi connectivity index (χ4n) is 1.90. The fraction of sp³-hybridized carbons (Fsp3) is 0.417. The molecule has 2 nitrogen and oxygen atoms in total. The van der Waals surface area contributed by atoms with Crippen LogP contribution >= 0.6 is 0 Å². The van der Waals surface area contributed by atoms with E-state index in [1.807, 2.05) is 18.2 Å². The van der Waals surface area contributed by atoms with E-state index in [0.717, 1.165) is 18.5 Å². The molecule has 0 radical (unpaired) electrons. The van der Waals surface area contributed by atoms with Crippen LogP contribution in [-0.4, -0.2) is 16.8 Å². The Bertz CT molecular complexity index is 362. The standard InChI is InChI=1S/C12H16N2.BrH/c1-3-9(2)14-8-10-6-4-5-7-11(10)12(14)13;/h4-7,9,13H,3,8H2,1-2H3;1H/p-1. The Hall–Kier alpha value is -0.830. The van der Waals surface area contributed by atoms with Gasteiger partial charge in [-0.05, 0) is 18.9 Å². The molecule has 0 fully saturated rings. The van der Waals surface area contributed by atoms with Crippen LogP contribution in [0.1, 0.15) is 31.4 Å². The van der Waals surface area contributed by atoms with Gasteiger partial charge in [-0.25, -0.2) is 0 Å². The summed E-state index contributed by atoms with van der Waals surface area (Å²) in [6.07, 6.45) is 1.09. The van der Waals surface area contributed by atoms with E-state index in [2.05, 4.69) is 24.8 Å². The number of benzene rings is 1. The Morgan fingerprint density at radius 1 is 1.40 bits per heavy atom. The van der Waals surface area contributed by atoms with Gasteiger partial charge in [0.05, 0.1) is 0 Å².